The average Bonchev–Trinajstić information content (AvgIpc) is 2.30. The third-order valence-corrected chi connectivity index (χ3v) is 2.38. The van der Waals surface area contributed by atoms with Crippen molar-refractivity contribution in [3.8, 4) is 0 Å². The number of aryl methyl sites for hydroxylation is 1. The van der Waals surface area contributed by atoms with Crippen molar-refractivity contribution >= 4 is 18.0 Å². The summed E-state index contributed by atoms with van der Waals surface area (Å²) in [5.41, 5.74) is 1.77. The Hall–Kier alpha value is -1.97. The van der Waals surface area contributed by atoms with Gasteiger partial charge in [-0.15, -0.1) is 0 Å². The number of aliphatic imine (C=N–C) groups is 2. The lowest BCUT2D eigenvalue weighted by Gasteiger charge is -2.09. The van der Waals surface area contributed by atoms with Gasteiger partial charge in [-0.05, 0) is 13.0 Å². The van der Waals surface area contributed by atoms with Crippen molar-refractivity contribution < 1.29 is 9.90 Å². The highest BCUT2D eigenvalue weighted by atomic mass is 16.4. The van der Waals surface area contributed by atoms with Crippen LogP contribution in [-0.4, -0.2) is 29.7 Å². The lowest BCUT2D eigenvalue weighted by Crippen LogP contribution is -2.11. The van der Waals surface area contributed by atoms with Crippen molar-refractivity contribution in [2.45, 2.75) is 13.3 Å². The molecule has 1 aliphatic heterocycles. The summed E-state index contributed by atoms with van der Waals surface area (Å²) in [5, 5.41) is 9.11. The molecule has 1 aromatic carbocycles. The Morgan fingerprint density at radius 1 is 1.44 bits per heavy atom. The highest BCUT2D eigenvalue weighted by molar-refractivity contribution is 6.10. The van der Waals surface area contributed by atoms with Gasteiger partial charge in [0.15, 0.2) is 5.84 Å². The Labute approximate surface area is 93.4 Å². The van der Waals surface area contributed by atoms with E-state index >= 15 is 0 Å². The first kappa shape index (κ1) is 10.5. The molecule has 0 aromatic heterocycles. The van der Waals surface area contributed by atoms with Crippen molar-refractivity contribution in [2.75, 3.05) is 6.54 Å². The molecule has 0 atom stereocenters. The minimum absolute atomic E-state index is 0.262. The van der Waals surface area contributed by atoms with Gasteiger partial charge in [0, 0.05) is 24.7 Å². The number of hydrogen-bond donors (Lipinski definition) is 1. The van der Waals surface area contributed by atoms with Gasteiger partial charge >= 0.3 is 5.97 Å². The van der Waals surface area contributed by atoms with E-state index in [1.807, 2.05) is 13.0 Å². The van der Waals surface area contributed by atoms with E-state index in [2.05, 4.69) is 9.98 Å². The van der Waals surface area contributed by atoms with Crippen molar-refractivity contribution in [3.05, 3.63) is 34.9 Å². The highest BCUT2D eigenvalue weighted by Crippen LogP contribution is 2.15. The van der Waals surface area contributed by atoms with Crippen LogP contribution in [0.25, 0.3) is 0 Å². The molecule has 4 heteroatoms. The largest absolute Gasteiger partial charge is 0.478 e. The zero-order valence-corrected chi connectivity index (χ0v) is 8.97. The molecule has 0 radical (unpaired) electrons. The molecule has 82 valence electrons. The summed E-state index contributed by atoms with van der Waals surface area (Å²) in [6, 6.07) is 5.28. The lowest BCUT2D eigenvalue weighted by atomic mass is 10.0. The maximum Gasteiger partial charge on any atom is 0.336 e. The minimum atomic E-state index is -0.942. The van der Waals surface area contributed by atoms with E-state index in [1.165, 1.54) is 0 Å². The minimum Gasteiger partial charge on any atom is -0.478 e. The first-order valence-corrected chi connectivity index (χ1v) is 5.10. The van der Waals surface area contributed by atoms with E-state index < -0.39 is 5.97 Å². The quantitative estimate of drug-likeness (QED) is 0.820. The highest BCUT2D eigenvalue weighted by Gasteiger charge is 2.15. The van der Waals surface area contributed by atoms with Crippen LogP contribution in [0.5, 0.6) is 0 Å². The molecule has 1 aliphatic rings. The zero-order chi connectivity index (χ0) is 11.5. The van der Waals surface area contributed by atoms with E-state index in [9.17, 15) is 4.79 Å². The third-order valence-electron chi connectivity index (χ3n) is 2.38. The summed E-state index contributed by atoms with van der Waals surface area (Å²) in [6.45, 7) is 2.54. The fourth-order valence-electron chi connectivity index (χ4n) is 1.60. The molecule has 2 rings (SSSR count). The molecule has 0 saturated carbocycles. The maximum absolute atomic E-state index is 11.1. The number of amidine groups is 1. The van der Waals surface area contributed by atoms with Crippen LogP contribution < -0.4 is 0 Å². The summed E-state index contributed by atoms with van der Waals surface area (Å²) < 4.78 is 0. The van der Waals surface area contributed by atoms with Crippen LogP contribution >= 0.6 is 0 Å². The Morgan fingerprint density at radius 2 is 2.25 bits per heavy atom. The first-order chi connectivity index (χ1) is 7.68. The van der Waals surface area contributed by atoms with Crippen LogP contribution in [0.3, 0.4) is 0 Å². The van der Waals surface area contributed by atoms with Gasteiger partial charge in [0.2, 0.25) is 0 Å². The molecule has 0 amide bonds. The van der Waals surface area contributed by atoms with Gasteiger partial charge < -0.3 is 5.11 Å². The Balaban J connectivity index is 2.51. The molecule has 0 unspecified atom stereocenters. The number of carbonyl (C=O) groups is 1. The topological polar surface area (TPSA) is 62.0 Å². The average molecular weight is 216 g/mol. The SMILES string of the molecule is Cc1ccc(C2=NCCC=N2)c(C(=O)O)c1. The molecule has 0 saturated heterocycles. The number of rotatable bonds is 2. The van der Waals surface area contributed by atoms with Crippen LogP contribution in [0.2, 0.25) is 0 Å². The van der Waals surface area contributed by atoms with Gasteiger partial charge in [0.1, 0.15) is 0 Å². The van der Waals surface area contributed by atoms with Crippen LogP contribution in [0.15, 0.2) is 28.2 Å². The summed E-state index contributed by atoms with van der Waals surface area (Å²) in [5.74, 6) is -0.425. The van der Waals surface area contributed by atoms with Crippen LogP contribution in [-0.2, 0) is 0 Å². The summed E-state index contributed by atoms with van der Waals surface area (Å²) >= 11 is 0. The normalized spacial score (nSPS) is 14.7. The van der Waals surface area contributed by atoms with Gasteiger partial charge in [0.25, 0.3) is 0 Å². The molecule has 1 N–H and O–H groups in total. The molecule has 16 heavy (non-hydrogen) atoms. The second kappa shape index (κ2) is 4.26. The van der Waals surface area contributed by atoms with Crippen molar-refractivity contribution in [1.29, 1.82) is 0 Å². The molecule has 0 aliphatic carbocycles. The van der Waals surface area contributed by atoms with Crippen LogP contribution in [0, 0.1) is 6.92 Å². The Morgan fingerprint density at radius 3 is 2.88 bits per heavy atom. The lowest BCUT2D eigenvalue weighted by molar-refractivity contribution is 0.0696. The Kier molecular flexibility index (Phi) is 2.81. The fourth-order valence-corrected chi connectivity index (χ4v) is 1.60. The monoisotopic (exact) mass is 216 g/mol. The van der Waals surface area contributed by atoms with Gasteiger partial charge in [-0.25, -0.2) is 9.79 Å². The number of aromatic carboxylic acids is 1. The second-order valence-electron chi connectivity index (χ2n) is 3.66. The molecule has 0 spiro atoms. The van der Waals surface area contributed by atoms with E-state index in [-0.39, 0.29) is 5.56 Å². The van der Waals surface area contributed by atoms with E-state index in [4.69, 9.17) is 5.11 Å². The van der Waals surface area contributed by atoms with Crippen molar-refractivity contribution in [2.24, 2.45) is 9.98 Å². The number of benzene rings is 1. The van der Waals surface area contributed by atoms with Crippen LogP contribution in [0.4, 0.5) is 0 Å². The molecule has 0 bridgehead atoms. The van der Waals surface area contributed by atoms with Gasteiger partial charge in [-0.2, -0.15) is 0 Å². The van der Waals surface area contributed by atoms with Gasteiger partial charge in [-0.1, -0.05) is 17.7 Å². The predicted molar refractivity (Wildman–Crippen MR) is 62.7 cm³/mol. The number of nitrogens with zero attached hydrogens (tertiary/aromatic N) is 2. The molecule has 0 fully saturated rings. The Bertz CT molecular complexity index is 490. The smallest absolute Gasteiger partial charge is 0.336 e. The van der Waals surface area contributed by atoms with E-state index in [0.29, 0.717) is 17.9 Å². The number of carboxylic acids is 1. The second-order valence-corrected chi connectivity index (χ2v) is 3.66. The molecule has 4 nitrogen and oxygen atoms in total. The maximum atomic E-state index is 11.1. The molecule has 1 heterocycles. The predicted octanol–water partition coefficient (Wildman–Crippen LogP) is 1.91. The van der Waals surface area contributed by atoms with Gasteiger partial charge in [-0.3, -0.25) is 4.99 Å². The van der Waals surface area contributed by atoms with Gasteiger partial charge in [0.05, 0.1) is 5.56 Å². The molecular formula is C12H12N2O2. The van der Waals surface area contributed by atoms with Crippen molar-refractivity contribution in [1.82, 2.24) is 0 Å². The standard InChI is InChI=1S/C12H12N2O2/c1-8-3-4-9(10(7-8)12(15)16)11-13-5-2-6-14-11/h3-5,7H,2,6H2,1H3,(H,15,16). The fraction of sp³-hybridized carbons (Fsp3) is 0.250. The summed E-state index contributed by atoms with van der Waals surface area (Å²) in [6.07, 6.45) is 2.59. The number of carboxylic acid groups (broad SMARTS) is 1. The van der Waals surface area contributed by atoms with Crippen molar-refractivity contribution in [3.63, 3.8) is 0 Å². The molecular weight excluding hydrogens is 204 g/mol. The zero-order valence-electron chi connectivity index (χ0n) is 8.97. The van der Waals surface area contributed by atoms with Crippen LogP contribution in [0.1, 0.15) is 27.9 Å². The molecule has 1 aromatic rings. The third kappa shape index (κ3) is 2.00. The number of hydrogen-bond acceptors (Lipinski definition) is 3. The summed E-state index contributed by atoms with van der Waals surface area (Å²) in [4.78, 5) is 19.5. The van der Waals surface area contributed by atoms with E-state index in [1.54, 1.807) is 18.3 Å². The van der Waals surface area contributed by atoms with E-state index in [0.717, 1.165) is 12.0 Å². The summed E-state index contributed by atoms with van der Waals surface area (Å²) in [7, 11) is 0. The first-order valence-electron chi connectivity index (χ1n) is 5.10.